The predicted molar refractivity (Wildman–Crippen MR) is 148 cm³/mol. The molecule has 2 saturated carbocycles. The van der Waals surface area contributed by atoms with Gasteiger partial charge in [-0.15, -0.1) is 0 Å². The number of ether oxygens (including phenoxy) is 3. The van der Waals surface area contributed by atoms with Gasteiger partial charge in [0.1, 0.15) is 11.7 Å². The lowest BCUT2D eigenvalue weighted by molar-refractivity contribution is -0.223. The van der Waals surface area contributed by atoms with Gasteiger partial charge in [-0.3, -0.25) is 19.3 Å². The van der Waals surface area contributed by atoms with E-state index in [0.29, 0.717) is 30.3 Å². The molecule has 5 aliphatic rings. The zero-order valence-electron chi connectivity index (χ0n) is 23.8. The minimum Gasteiger partial charge on any atom is -0.483 e. The highest BCUT2D eigenvalue weighted by Crippen LogP contribution is 2.67. The van der Waals surface area contributed by atoms with E-state index in [4.69, 9.17) is 18.6 Å². The van der Waals surface area contributed by atoms with Gasteiger partial charge in [-0.2, -0.15) is 0 Å². The van der Waals surface area contributed by atoms with Crippen LogP contribution in [0.1, 0.15) is 62.6 Å². The second-order valence-electron chi connectivity index (χ2n) is 12.4. The van der Waals surface area contributed by atoms with Crippen LogP contribution in [0.2, 0.25) is 0 Å². The first-order chi connectivity index (χ1) is 19.7. The molecule has 0 radical (unpaired) electrons. The summed E-state index contributed by atoms with van der Waals surface area (Å²) in [5, 5.41) is 0. The van der Waals surface area contributed by atoms with Crippen molar-refractivity contribution in [2.24, 2.45) is 5.92 Å². The van der Waals surface area contributed by atoms with E-state index in [0.717, 1.165) is 42.6 Å². The Balaban J connectivity index is 1.35. The van der Waals surface area contributed by atoms with Crippen molar-refractivity contribution < 1.29 is 33.0 Å². The number of benzene rings is 1. The second kappa shape index (κ2) is 9.48. The van der Waals surface area contributed by atoms with Gasteiger partial charge < -0.3 is 23.5 Å². The highest BCUT2D eigenvalue weighted by Gasteiger charge is 2.75. The van der Waals surface area contributed by atoms with Gasteiger partial charge in [0.25, 0.3) is 0 Å². The third kappa shape index (κ3) is 3.95. The zero-order valence-corrected chi connectivity index (χ0v) is 23.8. The van der Waals surface area contributed by atoms with Crippen molar-refractivity contribution in [2.45, 2.75) is 81.6 Å². The van der Waals surface area contributed by atoms with Gasteiger partial charge in [0.05, 0.1) is 30.0 Å². The van der Waals surface area contributed by atoms with Crippen LogP contribution in [0.25, 0.3) is 6.08 Å². The van der Waals surface area contributed by atoms with Gasteiger partial charge >= 0.3 is 11.9 Å². The lowest BCUT2D eigenvalue weighted by Gasteiger charge is -2.65. The highest BCUT2D eigenvalue weighted by atomic mass is 16.6. The van der Waals surface area contributed by atoms with Crippen molar-refractivity contribution in [3.63, 3.8) is 0 Å². The molecule has 3 aliphatic carbocycles. The van der Waals surface area contributed by atoms with Crippen LogP contribution >= 0.6 is 0 Å². The number of amides is 1. The fourth-order valence-corrected chi connectivity index (χ4v) is 8.33. The molecular weight excluding hydrogens is 524 g/mol. The first kappa shape index (κ1) is 26.3. The highest BCUT2D eigenvalue weighted by molar-refractivity contribution is 5.92. The fourth-order valence-electron chi connectivity index (χ4n) is 8.33. The van der Waals surface area contributed by atoms with E-state index in [1.54, 1.807) is 35.6 Å². The van der Waals surface area contributed by atoms with Crippen LogP contribution in [0.3, 0.4) is 0 Å². The number of hydrogen-bond acceptors (Lipinski definition) is 8. The van der Waals surface area contributed by atoms with Crippen molar-refractivity contribution in [3.05, 3.63) is 53.5 Å². The Bertz CT molecular complexity index is 1430. The van der Waals surface area contributed by atoms with E-state index < -0.39 is 23.1 Å². The molecular formula is C32H36N2O7. The molecule has 1 spiro atoms. The first-order valence-electron chi connectivity index (χ1n) is 14.7. The Morgan fingerprint density at radius 1 is 1.12 bits per heavy atom. The molecule has 3 heterocycles. The van der Waals surface area contributed by atoms with Gasteiger partial charge in [0.2, 0.25) is 5.91 Å². The number of carbonyl (C=O) groups is 3. The molecule has 1 saturated heterocycles. The smallest absolute Gasteiger partial charge is 0.308 e. The summed E-state index contributed by atoms with van der Waals surface area (Å²) in [6, 6.07) is 5.39. The van der Waals surface area contributed by atoms with Crippen molar-refractivity contribution >= 4 is 23.9 Å². The molecule has 9 nitrogen and oxygen atoms in total. The molecule has 41 heavy (non-hydrogen) atoms. The molecule has 1 aromatic heterocycles. The summed E-state index contributed by atoms with van der Waals surface area (Å²) in [6.45, 7) is 4.73. The number of piperidine rings is 1. The maximum Gasteiger partial charge on any atom is 0.308 e. The van der Waals surface area contributed by atoms with E-state index in [2.05, 4.69) is 4.90 Å². The Hall–Kier alpha value is -3.59. The summed E-state index contributed by atoms with van der Waals surface area (Å²) in [5.74, 6) is 0.744. The largest absolute Gasteiger partial charge is 0.483 e. The topological polar surface area (TPSA) is 98.5 Å². The maximum absolute atomic E-state index is 13.5. The van der Waals surface area contributed by atoms with Crippen LogP contribution in [-0.2, 0) is 31.0 Å². The molecule has 0 N–H and O–H groups in total. The average Bonchev–Trinajstić information content (AvgIpc) is 3.44. The van der Waals surface area contributed by atoms with E-state index in [-0.39, 0.29) is 24.0 Å². The standard InChI is InChI=1S/C32H36N2O7/c1-19(35)39-25-8-7-23-16-26-32(41-20(2)36)12-10-24(33(3)27(37)9-6-22-11-15-38-18-22)30-31(32,28(23)29(25)40-30)13-14-34(26)17-21-4-5-21/h6-9,11,15,18,21,24,26,30H,4-5,10,12-14,16-17H2,1-3H3/b9-6+/t24-,26-,30+,31+,32-/m1/s1. The van der Waals surface area contributed by atoms with Gasteiger partial charge in [-0.1, -0.05) is 6.07 Å². The normalized spacial score (nSPS) is 31.3. The van der Waals surface area contributed by atoms with E-state index in [9.17, 15) is 14.4 Å². The molecule has 5 atom stereocenters. The average molecular weight is 561 g/mol. The lowest BCUT2D eigenvalue weighted by atomic mass is 9.48. The molecule has 7 rings (SSSR count). The monoisotopic (exact) mass is 560 g/mol. The molecule has 1 aromatic carbocycles. The molecule has 9 heteroatoms. The van der Waals surface area contributed by atoms with Crippen LogP contribution in [0.4, 0.5) is 0 Å². The number of rotatable bonds is 7. The Morgan fingerprint density at radius 2 is 1.95 bits per heavy atom. The molecule has 2 aliphatic heterocycles. The number of likely N-dealkylation sites (N-methyl/N-ethyl adjacent to an activating group) is 1. The lowest BCUT2D eigenvalue weighted by Crippen LogP contribution is -2.79. The van der Waals surface area contributed by atoms with Gasteiger partial charge in [-0.05, 0) is 74.8 Å². The SMILES string of the molecule is CC(=O)Oc1ccc2c3c1O[C@H]1[C@H](N(C)C(=O)/C=C/c4ccoc4)CC[C@@]4(OC(C)=O)[C@@H](C2)N(CC2CC2)CC[C@]314. The fraction of sp³-hybridized carbons (Fsp3) is 0.531. The minimum absolute atomic E-state index is 0.00724. The minimum atomic E-state index is -0.809. The van der Waals surface area contributed by atoms with Crippen LogP contribution in [0.5, 0.6) is 11.5 Å². The zero-order chi connectivity index (χ0) is 28.5. The third-order valence-corrected chi connectivity index (χ3v) is 10.1. The number of nitrogens with zero attached hydrogens (tertiary/aromatic N) is 2. The van der Waals surface area contributed by atoms with E-state index in [1.807, 2.05) is 19.2 Å². The van der Waals surface area contributed by atoms with Crippen molar-refractivity contribution in [3.8, 4) is 11.5 Å². The summed E-state index contributed by atoms with van der Waals surface area (Å²) < 4.78 is 24.2. The van der Waals surface area contributed by atoms with Crippen LogP contribution in [0, 0.1) is 5.92 Å². The predicted octanol–water partition coefficient (Wildman–Crippen LogP) is 3.88. The summed E-state index contributed by atoms with van der Waals surface area (Å²) in [5.41, 5.74) is 1.46. The summed E-state index contributed by atoms with van der Waals surface area (Å²) in [7, 11) is 1.81. The molecule has 3 fully saturated rings. The van der Waals surface area contributed by atoms with Crippen molar-refractivity contribution in [2.75, 3.05) is 20.1 Å². The Labute approximate surface area is 239 Å². The van der Waals surface area contributed by atoms with Crippen molar-refractivity contribution in [1.29, 1.82) is 0 Å². The Kier molecular flexibility index (Phi) is 6.08. The van der Waals surface area contributed by atoms with Gasteiger partial charge in [0.15, 0.2) is 11.5 Å². The number of furan rings is 1. The molecule has 216 valence electrons. The van der Waals surface area contributed by atoms with E-state index in [1.165, 1.54) is 26.7 Å². The first-order valence-corrected chi connectivity index (χ1v) is 14.7. The number of hydrogen-bond donors (Lipinski definition) is 0. The van der Waals surface area contributed by atoms with Gasteiger partial charge in [-0.25, -0.2) is 0 Å². The molecule has 1 amide bonds. The van der Waals surface area contributed by atoms with Crippen LogP contribution in [0.15, 0.2) is 41.2 Å². The number of likely N-dealkylation sites (tertiary alicyclic amines) is 1. The third-order valence-electron chi connectivity index (χ3n) is 10.1. The van der Waals surface area contributed by atoms with Gasteiger partial charge in [0, 0.05) is 44.6 Å². The molecule has 2 bridgehead atoms. The summed E-state index contributed by atoms with van der Waals surface area (Å²) in [6.07, 6.45) is 11.1. The summed E-state index contributed by atoms with van der Waals surface area (Å²) >= 11 is 0. The van der Waals surface area contributed by atoms with Crippen molar-refractivity contribution in [1.82, 2.24) is 9.80 Å². The number of carbonyl (C=O) groups excluding carboxylic acids is 3. The second-order valence-corrected chi connectivity index (χ2v) is 12.4. The molecule has 0 unspecified atom stereocenters. The van der Waals surface area contributed by atoms with E-state index >= 15 is 0 Å². The summed E-state index contributed by atoms with van der Waals surface area (Å²) in [4.78, 5) is 42.7. The molecule has 2 aromatic rings. The van der Waals surface area contributed by atoms with Crippen LogP contribution < -0.4 is 9.47 Å². The van der Waals surface area contributed by atoms with Crippen LogP contribution in [-0.4, -0.2) is 71.6 Å². The quantitative estimate of drug-likeness (QED) is 0.286. The maximum atomic E-state index is 13.5. The number of esters is 2. The Morgan fingerprint density at radius 3 is 2.66 bits per heavy atom.